The van der Waals surface area contributed by atoms with Gasteiger partial charge in [0.2, 0.25) is 0 Å². The average molecular weight is 132 g/mol. The van der Waals surface area contributed by atoms with Gasteiger partial charge in [0, 0.05) is 0 Å². The van der Waals surface area contributed by atoms with Gasteiger partial charge in [-0.05, 0) is 17.7 Å². The molecule has 0 nitrogen and oxygen atoms in total. The fraction of sp³-hybridized carbons (Fsp3) is 1.00. The average Bonchev–Trinajstić information content (AvgIpc) is 1.61. The van der Waals surface area contributed by atoms with Gasteiger partial charge >= 0.3 is 0 Å². The molecule has 0 rings (SSSR count). The molecule has 0 saturated heterocycles. The Labute approximate surface area is 54.8 Å². The lowest BCUT2D eigenvalue weighted by atomic mass is 10.3. The summed E-state index contributed by atoms with van der Waals surface area (Å²) in [6.45, 7) is 9.16. The van der Waals surface area contributed by atoms with Crippen LogP contribution in [0.4, 0.5) is 0 Å². The molecule has 8 heavy (non-hydrogen) atoms. The van der Waals surface area contributed by atoms with Crippen molar-refractivity contribution >= 4 is 8.58 Å². The van der Waals surface area contributed by atoms with Crippen molar-refractivity contribution in [2.75, 3.05) is 6.16 Å². The Kier molecular flexibility index (Phi) is 4.56. The van der Waals surface area contributed by atoms with E-state index in [1.807, 2.05) is 0 Å². The van der Waals surface area contributed by atoms with Crippen molar-refractivity contribution in [1.82, 2.24) is 0 Å². The summed E-state index contributed by atoms with van der Waals surface area (Å²) in [6.07, 6.45) is 1.41. The third-order valence-corrected chi connectivity index (χ3v) is 2.80. The third kappa shape index (κ3) is 6.43. The van der Waals surface area contributed by atoms with Crippen LogP contribution in [0.15, 0.2) is 0 Å². The highest BCUT2D eigenvalue weighted by atomic mass is 31.1. The SMILES string of the molecule is CC(C)CPC(C)C. The van der Waals surface area contributed by atoms with E-state index >= 15 is 0 Å². The van der Waals surface area contributed by atoms with E-state index in [-0.39, 0.29) is 0 Å². The quantitative estimate of drug-likeness (QED) is 0.518. The molecule has 0 aliphatic carbocycles. The molecule has 0 amide bonds. The molecule has 0 bridgehead atoms. The van der Waals surface area contributed by atoms with Crippen molar-refractivity contribution in [3.8, 4) is 0 Å². The normalized spacial score (nSPS) is 12.8. The highest BCUT2D eigenvalue weighted by molar-refractivity contribution is 7.38. The van der Waals surface area contributed by atoms with Gasteiger partial charge in [-0.15, -0.1) is 8.58 Å². The van der Waals surface area contributed by atoms with E-state index in [2.05, 4.69) is 27.7 Å². The minimum absolute atomic E-state index is 0.899. The maximum atomic E-state index is 2.29. The predicted molar refractivity (Wildman–Crippen MR) is 43.2 cm³/mol. The van der Waals surface area contributed by atoms with Crippen molar-refractivity contribution in [1.29, 1.82) is 0 Å². The summed E-state index contributed by atoms with van der Waals surface area (Å²) in [5.41, 5.74) is 0.914. The maximum Gasteiger partial charge on any atom is -0.0293 e. The van der Waals surface area contributed by atoms with Gasteiger partial charge in [-0.25, -0.2) is 0 Å². The molecule has 0 aromatic heterocycles. The topological polar surface area (TPSA) is 0 Å². The number of rotatable bonds is 3. The number of hydrogen-bond donors (Lipinski definition) is 0. The molecule has 0 aromatic rings. The summed E-state index contributed by atoms with van der Waals surface area (Å²) in [4.78, 5) is 0. The fourth-order valence-corrected chi connectivity index (χ4v) is 1.41. The van der Waals surface area contributed by atoms with Gasteiger partial charge in [0.05, 0.1) is 0 Å². The second kappa shape index (κ2) is 4.32. The van der Waals surface area contributed by atoms with Gasteiger partial charge in [-0.1, -0.05) is 27.7 Å². The van der Waals surface area contributed by atoms with Crippen molar-refractivity contribution in [2.45, 2.75) is 33.4 Å². The first kappa shape index (κ1) is 8.43. The highest BCUT2D eigenvalue weighted by Gasteiger charge is 1.95. The monoisotopic (exact) mass is 132 g/mol. The third-order valence-electron chi connectivity index (χ3n) is 0.934. The summed E-state index contributed by atoms with van der Waals surface area (Å²) in [5, 5.41) is 0. The van der Waals surface area contributed by atoms with Gasteiger partial charge in [0.15, 0.2) is 0 Å². The zero-order valence-electron chi connectivity index (χ0n) is 6.36. The smallest absolute Gasteiger partial charge is 0.0293 e. The molecular formula is C7H17P. The van der Waals surface area contributed by atoms with E-state index in [1.54, 1.807) is 0 Å². The Bertz CT molecular complexity index is 40.3. The molecule has 0 heterocycles. The molecule has 0 radical (unpaired) electrons. The van der Waals surface area contributed by atoms with Gasteiger partial charge in [-0.2, -0.15) is 0 Å². The van der Waals surface area contributed by atoms with E-state index in [0.29, 0.717) is 0 Å². The molecular weight excluding hydrogens is 115 g/mol. The molecule has 0 aromatic carbocycles. The van der Waals surface area contributed by atoms with E-state index in [9.17, 15) is 0 Å². The zero-order chi connectivity index (χ0) is 6.57. The second-order valence-corrected chi connectivity index (χ2v) is 4.93. The van der Waals surface area contributed by atoms with E-state index in [0.717, 1.165) is 11.6 Å². The first-order valence-electron chi connectivity index (χ1n) is 3.36. The van der Waals surface area contributed by atoms with Crippen molar-refractivity contribution in [3.63, 3.8) is 0 Å². The van der Waals surface area contributed by atoms with Gasteiger partial charge < -0.3 is 0 Å². The standard InChI is InChI=1S/C7H17P/c1-6(2)5-8-7(3)4/h6-8H,5H2,1-4H3. The summed E-state index contributed by atoms with van der Waals surface area (Å²) >= 11 is 0. The fourth-order valence-electron chi connectivity index (χ4n) is 0.471. The number of hydrogen-bond acceptors (Lipinski definition) is 0. The summed E-state index contributed by atoms with van der Waals surface area (Å²) < 4.78 is 0. The molecule has 0 saturated carbocycles. The molecule has 0 aliphatic rings. The minimum atomic E-state index is 0.899. The highest BCUT2D eigenvalue weighted by Crippen LogP contribution is 2.20. The van der Waals surface area contributed by atoms with E-state index in [1.165, 1.54) is 14.7 Å². The van der Waals surface area contributed by atoms with Crippen LogP contribution in [-0.2, 0) is 0 Å². The first-order chi connectivity index (χ1) is 3.63. The van der Waals surface area contributed by atoms with Crippen molar-refractivity contribution in [3.05, 3.63) is 0 Å². The molecule has 0 fully saturated rings. The van der Waals surface area contributed by atoms with E-state index < -0.39 is 0 Å². The minimum Gasteiger partial charge on any atom is -0.119 e. The van der Waals surface area contributed by atoms with Gasteiger partial charge in [-0.3, -0.25) is 0 Å². The lowest BCUT2D eigenvalue weighted by Gasteiger charge is -2.06. The Morgan fingerprint density at radius 3 is 1.75 bits per heavy atom. The Morgan fingerprint density at radius 1 is 1.12 bits per heavy atom. The van der Waals surface area contributed by atoms with Crippen LogP contribution >= 0.6 is 8.58 Å². The largest absolute Gasteiger partial charge is 0.119 e. The second-order valence-electron chi connectivity index (χ2n) is 2.96. The lowest BCUT2D eigenvalue weighted by Crippen LogP contribution is -1.93. The summed E-state index contributed by atoms with van der Waals surface area (Å²) in [7, 11) is 1.17. The molecule has 0 spiro atoms. The Balaban J connectivity index is 2.93. The zero-order valence-corrected chi connectivity index (χ0v) is 7.36. The Morgan fingerprint density at radius 2 is 1.62 bits per heavy atom. The van der Waals surface area contributed by atoms with Crippen molar-refractivity contribution < 1.29 is 0 Å². The Hall–Kier alpha value is 0.430. The maximum absolute atomic E-state index is 2.29. The predicted octanol–water partition coefficient (Wildman–Crippen LogP) is 2.73. The van der Waals surface area contributed by atoms with Crippen LogP contribution in [0.25, 0.3) is 0 Å². The molecule has 1 unspecified atom stereocenters. The van der Waals surface area contributed by atoms with Crippen LogP contribution < -0.4 is 0 Å². The molecule has 50 valence electrons. The van der Waals surface area contributed by atoms with E-state index in [4.69, 9.17) is 0 Å². The van der Waals surface area contributed by atoms with Crippen LogP contribution in [-0.4, -0.2) is 11.8 Å². The van der Waals surface area contributed by atoms with Gasteiger partial charge in [0.1, 0.15) is 0 Å². The van der Waals surface area contributed by atoms with Crippen LogP contribution in [0, 0.1) is 5.92 Å². The van der Waals surface area contributed by atoms with Gasteiger partial charge in [0.25, 0.3) is 0 Å². The van der Waals surface area contributed by atoms with Crippen LogP contribution in [0.3, 0.4) is 0 Å². The van der Waals surface area contributed by atoms with Crippen LogP contribution in [0.1, 0.15) is 27.7 Å². The van der Waals surface area contributed by atoms with Crippen LogP contribution in [0.2, 0.25) is 0 Å². The van der Waals surface area contributed by atoms with Crippen molar-refractivity contribution in [2.24, 2.45) is 5.92 Å². The summed E-state index contributed by atoms with van der Waals surface area (Å²) in [6, 6.07) is 0. The van der Waals surface area contributed by atoms with Crippen LogP contribution in [0.5, 0.6) is 0 Å². The molecule has 0 aliphatic heterocycles. The molecule has 1 atom stereocenters. The lowest BCUT2D eigenvalue weighted by molar-refractivity contribution is 0.745. The molecule has 1 heteroatoms. The summed E-state index contributed by atoms with van der Waals surface area (Å²) in [5.74, 6) is 0.899. The molecule has 0 N–H and O–H groups in total. The first-order valence-corrected chi connectivity index (χ1v) is 4.64.